The van der Waals surface area contributed by atoms with Gasteiger partial charge >= 0.3 is 0 Å². The normalized spacial score (nSPS) is 16.1. The van der Waals surface area contributed by atoms with Gasteiger partial charge in [-0.3, -0.25) is 9.59 Å². The minimum absolute atomic E-state index is 0.0427. The van der Waals surface area contributed by atoms with Crippen molar-refractivity contribution in [2.45, 2.75) is 19.4 Å². The summed E-state index contributed by atoms with van der Waals surface area (Å²) in [7, 11) is 3.44. The highest BCUT2D eigenvalue weighted by atomic mass is 35.5. The zero-order valence-electron chi connectivity index (χ0n) is 18.4. The van der Waals surface area contributed by atoms with Crippen LogP contribution in [0.5, 0.6) is 5.75 Å². The molecule has 2 amide bonds. The SMILES string of the molecule is COc1ccc(C(=O)N2CCC[C@@H](C(=O)N(C)Cc3cccc(Cl)c3)C2)c2ccccc12. The van der Waals surface area contributed by atoms with Crippen LogP contribution in [0.3, 0.4) is 0 Å². The second kappa shape index (κ2) is 9.61. The van der Waals surface area contributed by atoms with E-state index >= 15 is 0 Å². The Kier molecular flexibility index (Phi) is 6.66. The monoisotopic (exact) mass is 450 g/mol. The Morgan fingerprint density at radius 2 is 1.88 bits per heavy atom. The number of halogens is 1. The number of ether oxygens (including phenoxy) is 1. The molecule has 0 bridgehead atoms. The first-order chi connectivity index (χ1) is 15.5. The maximum atomic E-state index is 13.4. The van der Waals surface area contributed by atoms with Crippen LogP contribution in [-0.2, 0) is 11.3 Å². The smallest absolute Gasteiger partial charge is 0.254 e. The highest BCUT2D eigenvalue weighted by Gasteiger charge is 2.31. The fourth-order valence-electron chi connectivity index (χ4n) is 4.47. The molecule has 32 heavy (non-hydrogen) atoms. The largest absolute Gasteiger partial charge is 0.496 e. The molecule has 4 rings (SSSR count). The number of rotatable bonds is 5. The topological polar surface area (TPSA) is 49.9 Å². The summed E-state index contributed by atoms with van der Waals surface area (Å²) in [4.78, 5) is 30.1. The van der Waals surface area contributed by atoms with Crippen LogP contribution < -0.4 is 4.74 Å². The summed E-state index contributed by atoms with van der Waals surface area (Å²) < 4.78 is 5.46. The Bertz CT molecular complexity index is 1150. The molecule has 0 unspecified atom stereocenters. The van der Waals surface area contributed by atoms with Crippen LogP contribution in [0.4, 0.5) is 0 Å². The van der Waals surface area contributed by atoms with E-state index in [-0.39, 0.29) is 17.7 Å². The van der Waals surface area contributed by atoms with Gasteiger partial charge in [0.1, 0.15) is 5.75 Å². The highest BCUT2D eigenvalue weighted by molar-refractivity contribution is 6.30. The van der Waals surface area contributed by atoms with Gasteiger partial charge in [-0.15, -0.1) is 0 Å². The Morgan fingerprint density at radius 3 is 2.62 bits per heavy atom. The van der Waals surface area contributed by atoms with E-state index in [0.29, 0.717) is 30.2 Å². The maximum absolute atomic E-state index is 13.4. The van der Waals surface area contributed by atoms with E-state index in [1.807, 2.05) is 65.6 Å². The Morgan fingerprint density at radius 1 is 1.09 bits per heavy atom. The van der Waals surface area contributed by atoms with Gasteiger partial charge in [-0.05, 0) is 48.1 Å². The second-order valence-corrected chi connectivity index (χ2v) is 8.71. The van der Waals surface area contributed by atoms with Gasteiger partial charge in [0.05, 0.1) is 13.0 Å². The van der Waals surface area contributed by atoms with E-state index < -0.39 is 0 Å². The van der Waals surface area contributed by atoms with Crippen molar-refractivity contribution in [3.05, 3.63) is 76.8 Å². The molecule has 1 heterocycles. The molecule has 0 radical (unpaired) electrons. The molecule has 3 aromatic rings. The molecule has 1 aliphatic heterocycles. The van der Waals surface area contributed by atoms with Crippen molar-refractivity contribution in [2.75, 3.05) is 27.2 Å². The maximum Gasteiger partial charge on any atom is 0.254 e. The van der Waals surface area contributed by atoms with Gasteiger partial charge in [0.25, 0.3) is 5.91 Å². The van der Waals surface area contributed by atoms with Crippen LogP contribution in [0, 0.1) is 5.92 Å². The number of carbonyl (C=O) groups excluding carboxylic acids is 2. The van der Waals surface area contributed by atoms with Gasteiger partial charge in [-0.2, -0.15) is 0 Å². The molecule has 1 saturated heterocycles. The molecule has 1 fully saturated rings. The summed E-state index contributed by atoms with van der Waals surface area (Å²) in [5.74, 6) is 0.550. The number of piperidine rings is 1. The quantitative estimate of drug-likeness (QED) is 0.548. The highest BCUT2D eigenvalue weighted by Crippen LogP contribution is 2.30. The number of amides is 2. The molecule has 5 nitrogen and oxygen atoms in total. The van der Waals surface area contributed by atoms with Crippen molar-refractivity contribution < 1.29 is 14.3 Å². The van der Waals surface area contributed by atoms with Gasteiger partial charge < -0.3 is 14.5 Å². The first kappa shape index (κ1) is 22.2. The lowest BCUT2D eigenvalue weighted by Crippen LogP contribution is -2.45. The minimum Gasteiger partial charge on any atom is -0.496 e. The first-order valence-electron chi connectivity index (χ1n) is 10.8. The van der Waals surface area contributed by atoms with E-state index in [9.17, 15) is 9.59 Å². The van der Waals surface area contributed by atoms with Crippen molar-refractivity contribution in [1.29, 1.82) is 0 Å². The van der Waals surface area contributed by atoms with Crippen LogP contribution >= 0.6 is 11.6 Å². The standard InChI is InChI=1S/C26H27ClN2O3/c1-28(16-18-7-5-9-20(27)15-18)25(30)19-8-6-14-29(17-19)26(31)23-12-13-24(32-2)22-11-4-3-10-21(22)23/h3-5,7,9-13,15,19H,6,8,14,16-17H2,1-2H3/t19-/m1/s1. The molecular weight excluding hydrogens is 424 g/mol. The summed E-state index contributed by atoms with van der Waals surface area (Å²) >= 11 is 6.07. The lowest BCUT2D eigenvalue weighted by molar-refractivity contribution is -0.136. The molecule has 1 atom stereocenters. The molecule has 6 heteroatoms. The zero-order valence-corrected chi connectivity index (χ0v) is 19.1. The lowest BCUT2D eigenvalue weighted by Gasteiger charge is -2.34. The van der Waals surface area contributed by atoms with Crippen molar-refractivity contribution >= 4 is 34.2 Å². The number of fused-ring (bicyclic) bond motifs is 1. The van der Waals surface area contributed by atoms with E-state index in [4.69, 9.17) is 16.3 Å². The number of benzene rings is 3. The average Bonchev–Trinajstić information content (AvgIpc) is 2.82. The molecule has 0 N–H and O–H groups in total. The summed E-state index contributed by atoms with van der Waals surface area (Å²) in [6, 6.07) is 18.9. The van der Waals surface area contributed by atoms with Gasteiger partial charge in [0.15, 0.2) is 0 Å². The molecule has 3 aromatic carbocycles. The first-order valence-corrected chi connectivity index (χ1v) is 11.2. The van der Waals surface area contributed by atoms with E-state index in [1.54, 1.807) is 19.1 Å². The number of nitrogens with zero attached hydrogens (tertiary/aromatic N) is 2. The molecular formula is C26H27ClN2O3. The van der Waals surface area contributed by atoms with Gasteiger partial charge in [0.2, 0.25) is 5.91 Å². The van der Waals surface area contributed by atoms with Gasteiger partial charge in [-0.25, -0.2) is 0 Å². The zero-order chi connectivity index (χ0) is 22.7. The van der Waals surface area contributed by atoms with Gasteiger partial charge in [0, 0.05) is 42.7 Å². The Hall–Kier alpha value is -3.05. The van der Waals surface area contributed by atoms with Crippen LogP contribution in [0.15, 0.2) is 60.7 Å². The third kappa shape index (κ3) is 4.58. The predicted octanol–water partition coefficient (Wildman–Crippen LogP) is 5.01. The number of likely N-dealkylation sites (tertiary alicyclic amines) is 1. The minimum atomic E-state index is -0.207. The van der Waals surface area contributed by atoms with Gasteiger partial charge in [-0.1, -0.05) is 48.0 Å². The van der Waals surface area contributed by atoms with Crippen LogP contribution in [0.1, 0.15) is 28.8 Å². The summed E-state index contributed by atoms with van der Waals surface area (Å²) in [5.41, 5.74) is 1.63. The van der Waals surface area contributed by atoms with E-state index in [1.165, 1.54) is 0 Å². The second-order valence-electron chi connectivity index (χ2n) is 8.28. The van der Waals surface area contributed by atoms with Crippen LogP contribution in [0.2, 0.25) is 5.02 Å². The molecule has 0 saturated carbocycles. The molecule has 1 aliphatic rings. The predicted molar refractivity (Wildman–Crippen MR) is 127 cm³/mol. The third-order valence-corrected chi connectivity index (χ3v) is 6.31. The average molecular weight is 451 g/mol. The lowest BCUT2D eigenvalue weighted by atomic mass is 9.95. The van der Waals surface area contributed by atoms with Crippen molar-refractivity contribution in [1.82, 2.24) is 9.80 Å². The number of hydrogen-bond donors (Lipinski definition) is 0. The summed E-state index contributed by atoms with van der Waals surface area (Å²) in [6.07, 6.45) is 1.59. The van der Waals surface area contributed by atoms with Crippen molar-refractivity contribution in [2.24, 2.45) is 5.92 Å². The molecule has 0 spiro atoms. The van der Waals surface area contributed by atoms with Crippen LogP contribution in [0.25, 0.3) is 10.8 Å². The van der Waals surface area contributed by atoms with E-state index in [2.05, 4.69) is 0 Å². The van der Waals surface area contributed by atoms with Crippen LogP contribution in [-0.4, -0.2) is 48.9 Å². The van der Waals surface area contributed by atoms with Crippen molar-refractivity contribution in [3.8, 4) is 5.75 Å². The van der Waals surface area contributed by atoms with Crippen molar-refractivity contribution in [3.63, 3.8) is 0 Å². The number of carbonyl (C=O) groups is 2. The number of hydrogen-bond acceptors (Lipinski definition) is 3. The molecule has 166 valence electrons. The Balaban J connectivity index is 1.50. The van der Waals surface area contributed by atoms with E-state index in [0.717, 1.165) is 34.9 Å². The Labute approximate surface area is 193 Å². The molecule has 0 aliphatic carbocycles. The third-order valence-electron chi connectivity index (χ3n) is 6.08. The molecule has 0 aromatic heterocycles. The fourth-order valence-corrected chi connectivity index (χ4v) is 4.68. The summed E-state index contributed by atoms with van der Waals surface area (Å²) in [5, 5.41) is 2.43. The fraction of sp³-hybridized carbons (Fsp3) is 0.308. The number of methoxy groups -OCH3 is 1. The summed E-state index contributed by atoms with van der Waals surface area (Å²) in [6.45, 7) is 1.58.